The van der Waals surface area contributed by atoms with E-state index in [2.05, 4.69) is 79.1 Å². The van der Waals surface area contributed by atoms with Crippen LogP contribution in [0.15, 0.2) is 78.9 Å². The zero-order chi connectivity index (χ0) is 20.5. The average molecular weight is 395 g/mol. The zero-order valence-corrected chi connectivity index (χ0v) is 17.5. The van der Waals surface area contributed by atoms with E-state index >= 15 is 0 Å². The fraction of sp³-hybridized carbons (Fsp3) is 0.222. The predicted molar refractivity (Wildman–Crippen MR) is 121 cm³/mol. The van der Waals surface area contributed by atoms with Gasteiger partial charge in [-0.25, -0.2) is 4.98 Å². The summed E-state index contributed by atoms with van der Waals surface area (Å²) in [4.78, 5) is 4.96. The van der Waals surface area contributed by atoms with Gasteiger partial charge in [-0.15, -0.1) is 0 Å². The molecule has 0 saturated heterocycles. The Morgan fingerprint density at radius 2 is 1.57 bits per heavy atom. The van der Waals surface area contributed by atoms with Gasteiger partial charge in [-0.2, -0.15) is 0 Å². The number of rotatable bonds is 6. The fourth-order valence-electron chi connectivity index (χ4n) is 4.15. The molecule has 0 N–H and O–H groups in total. The molecule has 5 rings (SSSR count). The summed E-state index contributed by atoms with van der Waals surface area (Å²) in [5, 5.41) is 0. The SMILES string of the molecule is Cc1ccc(C)n1-c1cccc(-c2ccccc2OCc2ccccc2C2CC2)n1. The van der Waals surface area contributed by atoms with Gasteiger partial charge in [0.15, 0.2) is 0 Å². The highest BCUT2D eigenvalue weighted by Crippen LogP contribution is 2.42. The van der Waals surface area contributed by atoms with Crippen LogP contribution in [-0.2, 0) is 6.61 Å². The van der Waals surface area contributed by atoms with Crippen molar-refractivity contribution in [3.63, 3.8) is 0 Å². The summed E-state index contributed by atoms with van der Waals surface area (Å²) in [6.45, 7) is 4.80. The van der Waals surface area contributed by atoms with Crippen LogP contribution in [0.25, 0.3) is 17.1 Å². The number of hydrogen-bond donors (Lipinski definition) is 0. The Balaban J connectivity index is 1.45. The molecular formula is C27H26N2O. The molecule has 150 valence electrons. The standard InChI is InChI=1S/C27H26N2O/c1-19-14-15-20(2)29(19)27-13-7-11-25(28-27)24-10-5-6-12-26(24)30-18-22-8-3-4-9-23(22)21-16-17-21/h3-15,21H,16-18H2,1-2H3. The van der Waals surface area contributed by atoms with E-state index in [1.54, 1.807) is 0 Å². The van der Waals surface area contributed by atoms with Gasteiger partial charge in [0, 0.05) is 17.0 Å². The summed E-state index contributed by atoms with van der Waals surface area (Å²) in [5.41, 5.74) is 7.03. The normalized spacial score (nSPS) is 13.4. The Morgan fingerprint density at radius 3 is 2.37 bits per heavy atom. The van der Waals surface area contributed by atoms with Crippen LogP contribution in [0.5, 0.6) is 5.75 Å². The van der Waals surface area contributed by atoms with E-state index in [4.69, 9.17) is 9.72 Å². The molecule has 0 bridgehead atoms. The highest BCUT2D eigenvalue weighted by Gasteiger charge is 2.25. The predicted octanol–water partition coefficient (Wildman–Crippen LogP) is 6.61. The average Bonchev–Trinajstić information content (AvgIpc) is 3.57. The molecule has 2 heterocycles. The quantitative estimate of drug-likeness (QED) is 0.368. The molecule has 3 heteroatoms. The molecule has 4 aromatic rings. The van der Waals surface area contributed by atoms with Gasteiger partial charge in [0.05, 0.1) is 5.69 Å². The first-order chi connectivity index (χ1) is 14.7. The van der Waals surface area contributed by atoms with E-state index in [1.165, 1.54) is 35.4 Å². The van der Waals surface area contributed by atoms with Gasteiger partial charge in [-0.05, 0) is 80.1 Å². The number of para-hydroxylation sites is 1. The van der Waals surface area contributed by atoms with Crippen molar-refractivity contribution in [3.05, 3.63) is 101 Å². The Hall–Kier alpha value is -3.33. The molecular weight excluding hydrogens is 368 g/mol. The third-order valence-electron chi connectivity index (χ3n) is 5.85. The van der Waals surface area contributed by atoms with E-state index < -0.39 is 0 Å². The molecule has 0 radical (unpaired) electrons. The van der Waals surface area contributed by atoms with Crippen LogP contribution in [0.4, 0.5) is 0 Å². The minimum Gasteiger partial charge on any atom is -0.488 e. The van der Waals surface area contributed by atoms with Crippen molar-refractivity contribution in [2.75, 3.05) is 0 Å². The summed E-state index contributed by atoms with van der Waals surface area (Å²) in [7, 11) is 0. The second kappa shape index (κ2) is 7.83. The Labute approximate surface area is 178 Å². The maximum atomic E-state index is 6.33. The number of pyridine rings is 1. The number of benzene rings is 2. The molecule has 0 amide bonds. The fourth-order valence-corrected chi connectivity index (χ4v) is 4.15. The van der Waals surface area contributed by atoms with E-state index in [0.29, 0.717) is 12.5 Å². The Morgan fingerprint density at radius 1 is 0.833 bits per heavy atom. The van der Waals surface area contributed by atoms with Crippen molar-refractivity contribution in [1.82, 2.24) is 9.55 Å². The molecule has 0 spiro atoms. The van der Waals surface area contributed by atoms with Gasteiger partial charge in [0.25, 0.3) is 0 Å². The molecule has 0 atom stereocenters. The lowest BCUT2D eigenvalue weighted by atomic mass is 10.0. The van der Waals surface area contributed by atoms with Gasteiger partial charge in [0.1, 0.15) is 18.2 Å². The van der Waals surface area contributed by atoms with E-state index in [-0.39, 0.29) is 0 Å². The van der Waals surface area contributed by atoms with Crippen molar-refractivity contribution in [1.29, 1.82) is 0 Å². The van der Waals surface area contributed by atoms with Crippen molar-refractivity contribution in [3.8, 4) is 22.8 Å². The molecule has 0 unspecified atom stereocenters. The van der Waals surface area contributed by atoms with Crippen LogP contribution in [0.3, 0.4) is 0 Å². The molecule has 30 heavy (non-hydrogen) atoms. The Bertz CT molecular complexity index is 1170. The van der Waals surface area contributed by atoms with Gasteiger partial charge in [-0.1, -0.05) is 42.5 Å². The van der Waals surface area contributed by atoms with E-state index in [1.807, 2.05) is 18.2 Å². The van der Waals surface area contributed by atoms with Crippen molar-refractivity contribution in [2.24, 2.45) is 0 Å². The van der Waals surface area contributed by atoms with Gasteiger partial charge >= 0.3 is 0 Å². The topological polar surface area (TPSA) is 27.1 Å². The van der Waals surface area contributed by atoms with E-state index in [0.717, 1.165) is 22.8 Å². The second-order valence-corrected chi connectivity index (χ2v) is 8.09. The third kappa shape index (κ3) is 3.63. The highest BCUT2D eigenvalue weighted by molar-refractivity contribution is 5.67. The van der Waals surface area contributed by atoms with E-state index in [9.17, 15) is 0 Å². The second-order valence-electron chi connectivity index (χ2n) is 8.09. The van der Waals surface area contributed by atoms with Crippen LogP contribution in [0.2, 0.25) is 0 Å². The number of ether oxygens (including phenoxy) is 1. The molecule has 1 saturated carbocycles. The van der Waals surface area contributed by atoms with Gasteiger partial charge < -0.3 is 9.30 Å². The maximum absolute atomic E-state index is 6.33. The van der Waals surface area contributed by atoms with Crippen LogP contribution in [0.1, 0.15) is 41.3 Å². The van der Waals surface area contributed by atoms with Crippen LogP contribution in [-0.4, -0.2) is 9.55 Å². The lowest BCUT2D eigenvalue weighted by Gasteiger charge is -2.15. The van der Waals surface area contributed by atoms with Crippen LogP contribution in [0, 0.1) is 13.8 Å². The summed E-state index contributed by atoms with van der Waals surface area (Å²) in [6, 6.07) is 27.3. The monoisotopic (exact) mass is 394 g/mol. The minimum atomic E-state index is 0.583. The first-order valence-electron chi connectivity index (χ1n) is 10.6. The van der Waals surface area contributed by atoms with Crippen molar-refractivity contribution >= 4 is 0 Å². The smallest absolute Gasteiger partial charge is 0.137 e. The van der Waals surface area contributed by atoms with Gasteiger partial charge in [0.2, 0.25) is 0 Å². The molecule has 2 aromatic heterocycles. The highest BCUT2D eigenvalue weighted by atomic mass is 16.5. The van der Waals surface area contributed by atoms with Crippen molar-refractivity contribution < 1.29 is 4.74 Å². The van der Waals surface area contributed by atoms with Crippen LogP contribution >= 0.6 is 0 Å². The number of nitrogens with zero attached hydrogens (tertiary/aromatic N) is 2. The lowest BCUT2D eigenvalue weighted by molar-refractivity contribution is 0.306. The minimum absolute atomic E-state index is 0.583. The largest absolute Gasteiger partial charge is 0.488 e. The van der Waals surface area contributed by atoms with Gasteiger partial charge in [-0.3, -0.25) is 0 Å². The first kappa shape index (κ1) is 18.7. The molecule has 1 aliphatic rings. The summed E-state index contributed by atoms with van der Waals surface area (Å²) in [5.74, 6) is 2.52. The maximum Gasteiger partial charge on any atom is 0.137 e. The molecule has 3 nitrogen and oxygen atoms in total. The summed E-state index contributed by atoms with van der Waals surface area (Å²) < 4.78 is 8.51. The molecule has 2 aromatic carbocycles. The molecule has 1 fully saturated rings. The number of hydrogen-bond acceptors (Lipinski definition) is 2. The van der Waals surface area contributed by atoms with Crippen LogP contribution < -0.4 is 4.74 Å². The number of aromatic nitrogens is 2. The first-order valence-corrected chi connectivity index (χ1v) is 10.6. The molecule has 1 aliphatic carbocycles. The molecule has 0 aliphatic heterocycles. The van der Waals surface area contributed by atoms with Crippen molar-refractivity contribution in [2.45, 2.75) is 39.2 Å². The third-order valence-corrected chi connectivity index (χ3v) is 5.85. The Kier molecular flexibility index (Phi) is 4.88. The number of aryl methyl sites for hydroxylation is 2. The summed E-state index contributed by atoms with van der Waals surface area (Å²) >= 11 is 0. The lowest BCUT2D eigenvalue weighted by Crippen LogP contribution is -2.03. The zero-order valence-electron chi connectivity index (χ0n) is 17.5. The summed E-state index contributed by atoms with van der Waals surface area (Å²) in [6.07, 6.45) is 2.59.